The van der Waals surface area contributed by atoms with E-state index in [2.05, 4.69) is 58.9 Å². The van der Waals surface area contributed by atoms with E-state index in [9.17, 15) is 5.11 Å². The number of hydrogen-bond donors (Lipinski definition) is 2. The van der Waals surface area contributed by atoms with E-state index in [0.717, 1.165) is 5.56 Å². The Balaban J connectivity index is 2.22. The molecule has 0 spiro atoms. The van der Waals surface area contributed by atoms with Gasteiger partial charge in [0.1, 0.15) is 0 Å². The minimum Gasteiger partial charge on any atom is -0.392 e. The summed E-state index contributed by atoms with van der Waals surface area (Å²) in [6.45, 7) is 11.5. The fourth-order valence-electron chi connectivity index (χ4n) is 3.62. The van der Waals surface area contributed by atoms with E-state index >= 15 is 0 Å². The highest BCUT2D eigenvalue weighted by Gasteiger charge is 2.67. The predicted molar refractivity (Wildman–Crippen MR) is 80.0 cm³/mol. The van der Waals surface area contributed by atoms with Crippen molar-refractivity contribution in [2.24, 2.45) is 22.5 Å². The second kappa shape index (κ2) is 4.60. The molecule has 2 heteroatoms. The molecule has 0 heterocycles. The molecule has 19 heavy (non-hydrogen) atoms. The molecular weight excluding hydrogens is 234 g/mol. The van der Waals surface area contributed by atoms with Gasteiger partial charge in [0.15, 0.2) is 0 Å². The molecule has 0 saturated heterocycles. The number of rotatable bonds is 4. The Bertz CT molecular complexity index is 433. The molecule has 0 aliphatic heterocycles. The summed E-state index contributed by atoms with van der Waals surface area (Å²) in [6.07, 6.45) is -0.363. The topological polar surface area (TPSA) is 46.2 Å². The standard InChI is InChI=1S/C17H27NO/c1-11-6-8-12(9-7-11)13(10-18)14(19)15-16(2,3)17(15,4)5/h6-9,13-15,19H,10,18H2,1-5H3. The molecule has 106 valence electrons. The van der Waals surface area contributed by atoms with E-state index in [0.29, 0.717) is 12.5 Å². The maximum Gasteiger partial charge on any atom is 0.0659 e. The molecule has 1 saturated carbocycles. The molecule has 2 unspecified atom stereocenters. The van der Waals surface area contributed by atoms with Crippen LogP contribution in [0.25, 0.3) is 0 Å². The lowest BCUT2D eigenvalue weighted by Gasteiger charge is -2.24. The zero-order valence-electron chi connectivity index (χ0n) is 12.8. The Morgan fingerprint density at radius 1 is 1.11 bits per heavy atom. The van der Waals surface area contributed by atoms with E-state index < -0.39 is 0 Å². The molecule has 1 fully saturated rings. The average Bonchev–Trinajstić information content (AvgIpc) is 2.73. The zero-order valence-corrected chi connectivity index (χ0v) is 12.8. The van der Waals surface area contributed by atoms with Gasteiger partial charge >= 0.3 is 0 Å². The van der Waals surface area contributed by atoms with Crippen LogP contribution in [-0.4, -0.2) is 17.8 Å². The summed E-state index contributed by atoms with van der Waals surface area (Å²) >= 11 is 0. The van der Waals surface area contributed by atoms with Crippen molar-refractivity contribution in [2.75, 3.05) is 6.54 Å². The Morgan fingerprint density at radius 2 is 1.58 bits per heavy atom. The van der Waals surface area contributed by atoms with Gasteiger partial charge in [-0.2, -0.15) is 0 Å². The minimum atomic E-state index is -0.363. The number of hydrogen-bond acceptors (Lipinski definition) is 2. The number of nitrogens with two attached hydrogens (primary N) is 1. The van der Waals surface area contributed by atoms with Crippen molar-refractivity contribution in [3.8, 4) is 0 Å². The van der Waals surface area contributed by atoms with Crippen LogP contribution < -0.4 is 5.73 Å². The number of benzene rings is 1. The smallest absolute Gasteiger partial charge is 0.0659 e. The van der Waals surface area contributed by atoms with Crippen LogP contribution >= 0.6 is 0 Å². The normalized spacial score (nSPS) is 23.9. The third-order valence-corrected chi connectivity index (χ3v) is 5.65. The van der Waals surface area contributed by atoms with E-state index in [1.54, 1.807) is 0 Å². The van der Waals surface area contributed by atoms with Gasteiger partial charge in [0, 0.05) is 12.5 Å². The van der Waals surface area contributed by atoms with Crippen molar-refractivity contribution in [1.29, 1.82) is 0 Å². The molecule has 1 aliphatic rings. The summed E-state index contributed by atoms with van der Waals surface area (Å²) in [7, 11) is 0. The first-order valence-corrected chi connectivity index (χ1v) is 7.18. The van der Waals surface area contributed by atoms with Crippen LogP contribution in [0.4, 0.5) is 0 Å². The van der Waals surface area contributed by atoms with Crippen LogP contribution in [0.1, 0.15) is 44.7 Å². The number of aryl methyl sites for hydroxylation is 1. The third-order valence-electron chi connectivity index (χ3n) is 5.65. The molecule has 1 aromatic carbocycles. The lowest BCUT2D eigenvalue weighted by molar-refractivity contribution is 0.102. The Labute approximate surface area is 117 Å². The summed E-state index contributed by atoms with van der Waals surface area (Å²) in [6, 6.07) is 8.37. The average molecular weight is 261 g/mol. The molecule has 0 aromatic heterocycles. The van der Waals surface area contributed by atoms with Crippen LogP contribution in [0, 0.1) is 23.7 Å². The maximum absolute atomic E-state index is 10.8. The molecule has 3 N–H and O–H groups in total. The van der Waals surface area contributed by atoms with Gasteiger partial charge in [0.05, 0.1) is 6.10 Å². The van der Waals surface area contributed by atoms with Gasteiger partial charge in [-0.05, 0) is 29.2 Å². The first kappa shape index (κ1) is 14.5. The van der Waals surface area contributed by atoms with Crippen LogP contribution in [0.15, 0.2) is 24.3 Å². The van der Waals surface area contributed by atoms with Gasteiger partial charge in [-0.3, -0.25) is 0 Å². The summed E-state index contributed by atoms with van der Waals surface area (Å²) in [5, 5.41) is 10.8. The number of aliphatic hydroxyl groups excluding tert-OH is 1. The second-order valence-corrected chi connectivity index (χ2v) is 7.16. The lowest BCUT2D eigenvalue weighted by Crippen LogP contribution is -2.29. The SMILES string of the molecule is Cc1ccc(C(CN)C(O)C2C(C)(C)C2(C)C)cc1. The van der Waals surface area contributed by atoms with Crippen LogP contribution in [0.3, 0.4) is 0 Å². The van der Waals surface area contributed by atoms with Crippen LogP contribution in [0.5, 0.6) is 0 Å². The summed E-state index contributed by atoms with van der Waals surface area (Å²) in [5.41, 5.74) is 8.69. The first-order chi connectivity index (χ1) is 8.73. The first-order valence-electron chi connectivity index (χ1n) is 7.18. The van der Waals surface area contributed by atoms with Gasteiger partial charge in [-0.1, -0.05) is 57.5 Å². The van der Waals surface area contributed by atoms with Crippen molar-refractivity contribution in [1.82, 2.24) is 0 Å². The molecule has 0 bridgehead atoms. The minimum absolute atomic E-state index is 0.0339. The fourth-order valence-corrected chi connectivity index (χ4v) is 3.62. The quantitative estimate of drug-likeness (QED) is 0.875. The molecule has 0 radical (unpaired) electrons. The van der Waals surface area contributed by atoms with E-state index in [4.69, 9.17) is 5.73 Å². The van der Waals surface area contributed by atoms with Crippen LogP contribution in [-0.2, 0) is 0 Å². The van der Waals surface area contributed by atoms with E-state index in [1.807, 2.05) is 0 Å². The van der Waals surface area contributed by atoms with Gasteiger partial charge in [0.25, 0.3) is 0 Å². The Morgan fingerprint density at radius 3 is 1.95 bits per heavy atom. The van der Waals surface area contributed by atoms with Gasteiger partial charge < -0.3 is 10.8 Å². The lowest BCUT2D eigenvalue weighted by atomic mass is 9.87. The highest BCUT2D eigenvalue weighted by atomic mass is 16.3. The second-order valence-electron chi connectivity index (χ2n) is 7.16. The monoisotopic (exact) mass is 261 g/mol. The Kier molecular flexibility index (Phi) is 3.53. The molecule has 2 rings (SSSR count). The van der Waals surface area contributed by atoms with Crippen LogP contribution in [0.2, 0.25) is 0 Å². The number of aliphatic hydroxyl groups is 1. The molecule has 1 aliphatic carbocycles. The largest absolute Gasteiger partial charge is 0.392 e. The highest BCUT2D eigenvalue weighted by molar-refractivity contribution is 5.28. The maximum atomic E-state index is 10.8. The molecule has 1 aromatic rings. The van der Waals surface area contributed by atoms with Gasteiger partial charge in [-0.25, -0.2) is 0 Å². The molecule has 2 nitrogen and oxygen atoms in total. The van der Waals surface area contributed by atoms with Crippen molar-refractivity contribution >= 4 is 0 Å². The van der Waals surface area contributed by atoms with Crippen molar-refractivity contribution in [3.63, 3.8) is 0 Å². The third kappa shape index (κ3) is 2.21. The zero-order chi connectivity index (χ0) is 14.4. The summed E-state index contributed by atoms with van der Waals surface area (Å²) < 4.78 is 0. The summed E-state index contributed by atoms with van der Waals surface area (Å²) in [5.74, 6) is 0.349. The van der Waals surface area contributed by atoms with Crippen molar-refractivity contribution < 1.29 is 5.11 Å². The highest BCUT2D eigenvalue weighted by Crippen LogP contribution is 2.70. The summed E-state index contributed by atoms with van der Waals surface area (Å²) in [4.78, 5) is 0. The van der Waals surface area contributed by atoms with Crippen molar-refractivity contribution in [3.05, 3.63) is 35.4 Å². The molecule has 0 amide bonds. The fraction of sp³-hybridized carbons (Fsp3) is 0.647. The van der Waals surface area contributed by atoms with Gasteiger partial charge in [0.2, 0.25) is 0 Å². The Hall–Kier alpha value is -0.860. The van der Waals surface area contributed by atoms with Gasteiger partial charge in [-0.15, -0.1) is 0 Å². The van der Waals surface area contributed by atoms with Crippen molar-refractivity contribution in [2.45, 2.75) is 46.6 Å². The molecular formula is C17H27NO. The predicted octanol–water partition coefficient (Wildman–Crippen LogP) is 3.08. The van der Waals surface area contributed by atoms with E-state index in [1.165, 1.54) is 5.56 Å². The van der Waals surface area contributed by atoms with E-state index in [-0.39, 0.29) is 22.9 Å². The molecule has 2 atom stereocenters.